The van der Waals surface area contributed by atoms with E-state index in [2.05, 4.69) is 77.1 Å². The summed E-state index contributed by atoms with van der Waals surface area (Å²) in [5, 5.41) is 1.28. The van der Waals surface area contributed by atoms with Gasteiger partial charge in [0, 0.05) is 42.2 Å². The van der Waals surface area contributed by atoms with Crippen LogP contribution in [-0.4, -0.2) is 65.5 Å². The second-order valence-electron chi connectivity index (χ2n) is 13.0. The number of para-hydroxylation sites is 1. The van der Waals surface area contributed by atoms with Gasteiger partial charge in [-0.1, -0.05) is 37.5 Å². The van der Waals surface area contributed by atoms with E-state index in [0.29, 0.717) is 25.6 Å². The summed E-state index contributed by atoms with van der Waals surface area (Å²) in [4.78, 5) is 17.8. The zero-order valence-electron chi connectivity index (χ0n) is 25.6. The van der Waals surface area contributed by atoms with Crippen LogP contribution >= 0.6 is 12.8 Å². The number of nitrogens with zero attached hydrogens (tertiary/aromatic N) is 4. The first-order valence-electron chi connectivity index (χ1n) is 15.4. The molecule has 3 aliphatic rings. The fraction of sp³-hybridized carbons (Fsp3) is 0.545. The smallest absolute Gasteiger partial charge is 0.349 e. The number of aromatic nitrogens is 1. The second-order valence-corrected chi connectivity index (χ2v) is 13.4. The Kier molecular flexibility index (Phi) is 8.21. The molecular weight excluding hydrogens is 546 g/mol. The van der Waals surface area contributed by atoms with Crippen molar-refractivity contribution in [1.82, 2.24) is 19.3 Å². The number of carbonyl (C=O) groups is 1. The Morgan fingerprint density at radius 1 is 1.10 bits per heavy atom. The SMILES string of the molecule is CC1OC(C)(C)NN(S)C(=O)N(CCN(C)C)c2ccc3c(C4CCCCC4)c4n(c3c2)C[C@@H]1COc1ccccc1-4. The summed E-state index contributed by atoms with van der Waals surface area (Å²) in [5.41, 5.74) is 8.21. The van der Waals surface area contributed by atoms with Crippen LogP contribution in [0, 0.1) is 5.92 Å². The molecule has 3 aromatic rings. The Morgan fingerprint density at radius 3 is 2.62 bits per heavy atom. The van der Waals surface area contributed by atoms with E-state index in [0.717, 1.165) is 29.1 Å². The van der Waals surface area contributed by atoms with Crippen molar-refractivity contribution in [3.8, 4) is 17.0 Å². The molecule has 42 heavy (non-hydrogen) atoms. The van der Waals surface area contributed by atoms with E-state index in [1.165, 1.54) is 53.2 Å². The van der Waals surface area contributed by atoms with Gasteiger partial charge in [0.1, 0.15) is 11.5 Å². The fourth-order valence-corrected chi connectivity index (χ4v) is 7.36. The Hall–Kier alpha value is -2.72. The Balaban J connectivity index is 1.62. The molecule has 1 saturated carbocycles. The van der Waals surface area contributed by atoms with Crippen LogP contribution in [0.15, 0.2) is 42.5 Å². The van der Waals surface area contributed by atoms with Crippen LogP contribution in [0.1, 0.15) is 64.4 Å². The van der Waals surface area contributed by atoms with E-state index in [9.17, 15) is 4.79 Å². The minimum Gasteiger partial charge on any atom is -0.492 e. The van der Waals surface area contributed by atoms with Gasteiger partial charge < -0.3 is 18.9 Å². The molecule has 8 nitrogen and oxygen atoms in total. The van der Waals surface area contributed by atoms with Gasteiger partial charge in [0.2, 0.25) is 0 Å². The van der Waals surface area contributed by atoms with E-state index in [1.807, 2.05) is 32.8 Å². The fourth-order valence-electron chi connectivity index (χ4n) is 7.01. The first-order valence-corrected chi connectivity index (χ1v) is 15.8. The predicted octanol–water partition coefficient (Wildman–Crippen LogP) is 6.66. The van der Waals surface area contributed by atoms with Crippen LogP contribution in [0.25, 0.3) is 22.2 Å². The number of rotatable bonds is 4. The highest BCUT2D eigenvalue weighted by Crippen LogP contribution is 2.48. The molecule has 6 rings (SSSR count). The number of carbonyl (C=O) groups excluding carboxylic acids is 1. The van der Waals surface area contributed by atoms with Crippen molar-refractivity contribution in [3.63, 3.8) is 0 Å². The minimum absolute atomic E-state index is 0.0753. The summed E-state index contributed by atoms with van der Waals surface area (Å²) in [6, 6.07) is 14.8. The van der Waals surface area contributed by atoms with E-state index < -0.39 is 5.72 Å². The standard InChI is InChI=1S/C33H45N5O3S/c1-22-24-20-37-28-19-25(36(18-17-35(4)5)32(39)38(42)34-33(2,3)41-22)15-16-26(28)30(23-11-7-6-8-12-23)31(37)27-13-9-10-14-29(27)40-21-24/h9-10,13-16,19,22-24,34,42H,6-8,11-12,17-18,20-21H2,1-5H3/t22?,24-/m1/s1. The molecule has 0 spiro atoms. The molecule has 1 fully saturated rings. The molecule has 1 N–H and O–H groups in total. The lowest BCUT2D eigenvalue weighted by atomic mass is 9.81. The summed E-state index contributed by atoms with van der Waals surface area (Å²) in [5.74, 6) is 1.48. The van der Waals surface area contributed by atoms with Crippen molar-refractivity contribution in [3.05, 3.63) is 48.0 Å². The zero-order chi connectivity index (χ0) is 29.6. The average molecular weight is 592 g/mol. The number of hydrogen-bond acceptors (Lipinski definition) is 6. The van der Waals surface area contributed by atoms with Crippen molar-refractivity contribution < 1.29 is 14.3 Å². The van der Waals surface area contributed by atoms with E-state index in [-0.39, 0.29) is 18.1 Å². The summed E-state index contributed by atoms with van der Waals surface area (Å²) in [6.07, 6.45) is 6.05. The topological polar surface area (TPSA) is 62.2 Å². The molecule has 2 atom stereocenters. The van der Waals surface area contributed by atoms with Crippen LogP contribution < -0.4 is 15.1 Å². The van der Waals surface area contributed by atoms with Crippen molar-refractivity contribution in [2.75, 3.05) is 38.7 Å². The van der Waals surface area contributed by atoms with Gasteiger partial charge in [-0.3, -0.25) is 4.90 Å². The van der Waals surface area contributed by atoms with E-state index in [4.69, 9.17) is 9.47 Å². The molecular formula is C33H45N5O3S. The summed E-state index contributed by atoms with van der Waals surface area (Å²) >= 11 is 4.60. The number of thiol groups is 1. The highest BCUT2D eigenvalue weighted by Gasteiger charge is 2.36. The maximum absolute atomic E-state index is 13.9. The van der Waals surface area contributed by atoms with Crippen LogP contribution in [-0.2, 0) is 11.3 Å². The maximum Gasteiger partial charge on any atom is 0.349 e. The average Bonchev–Trinajstić information content (AvgIpc) is 3.26. The highest BCUT2D eigenvalue weighted by atomic mass is 32.1. The number of anilines is 1. The lowest BCUT2D eigenvalue weighted by Gasteiger charge is -2.38. The number of ether oxygens (including phenoxy) is 2. The van der Waals surface area contributed by atoms with Gasteiger partial charge in [0.05, 0.1) is 23.9 Å². The van der Waals surface area contributed by atoms with Crippen LogP contribution in [0.5, 0.6) is 5.75 Å². The number of hydrazine groups is 1. The Labute approximate surface area is 255 Å². The molecule has 1 aliphatic carbocycles. The summed E-state index contributed by atoms with van der Waals surface area (Å²) in [6.45, 7) is 8.50. The van der Waals surface area contributed by atoms with Crippen molar-refractivity contribution in [1.29, 1.82) is 0 Å². The minimum atomic E-state index is -0.848. The van der Waals surface area contributed by atoms with Gasteiger partial charge in [-0.2, -0.15) is 9.84 Å². The zero-order valence-corrected chi connectivity index (χ0v) is 26.5. The largest absolute Gasteiger partial charge is 0.492 e. The molecule has 0 radical (unpaired) electrons. The molecule has 0 saturated heterocycles. The third kappa shape index (κ3) is 5.64. The predicted molar refractivity (Wildman–Crippen MR) is 172 cm³/mol. The highest BCUT2D eigenvalue weighted by molar-refractivity contribution is 7.78. The van der Waals surface area contributed by atoms with Crippen LogP contribution in [0.3, 0.4) is 0 Å². The second kappa shape index (κ2) is 11.8. The summed E-state index contributed by atoms with van der Waals surface area (Å²) in [7, 11) is 4.05. The Morgan fingerprint density at radius 2 is 1.86 bits per heavy atom. The first-order chi connectivity index (χ1) is 20.1. The number of nitrogens with one attached hydrogen (secondary N) is 1. The maximum atomic E-state index is 13.9. The molecule has 2 aliphatic heterocycles. The number of urea groups is 1. The molecule has 1 aromatic heterocycles. The number of amides is 2. The third-order valence-corrected chi connectivity index (χ3v) is 9.40. The van der Waals surface area contributed by atoms with Gasteiger partial charge in [-0.25, -0.2) is 4.79 Å². The van der Waals surface area contributed by atoms with Crippen LogP contribution in [0.2, 0.25) is 0 Å². The number of likely N-dealkylation sites (N-methyl/N-ethyl adjacent to an activating group) is 1. The van der Waals surface area contributed by atoms with Crippen LogP contribution in [0.4, 0.5) is 10.5 Å². The molecule has 9 heteroatoms. The van der Waals surface area contributed by atoms with Crippen molar-refractivity contribution in [2.24, 2.45) is 5.92 Å². The van der Waals surface area contributed by atoms with E-state index in [1.54, 1.807) is 0 Å². The lowest BCUT2D eigenvalue weighted by Crippen LogP contribution is -2.56. The van der Waals surface area contributed by atoms with Crippen molar-refractivity contribution in [2.45, 2.75) is 77.2 Å². The first kappa shape index (κ1) is 29.4. The third-order valence-electron chi connectivity index (χ3n) is 9.13. The van der Waals surface area contributed by atoms with Crippen molar-refractivity contribution >= 4 is 35.4 Å². The van der Waals surface area contributed by atoms with Gasteiger partial charge in [-0.05, 0) is 96.3 Å². The van der Waals surface area contributed by atoms with Gasteiger partial charge in [-0.15, -0.1) is 0 Å². The number of fused-ring (bicyclic) bond motifs is 4. The quantitative estimate of drug-likeness (QED) is 0.333. The van der Waals surface area contributed by atoms with Gasteiger partial charge in [0.25, 0.3) is 0 Å². The molecule has 226 valence electrons. The summed E-state index contributed by atoms with van der Waals surface area (Å²) < 4.78 is 17.0. The normalized spacial score (nSPS) is 23.3. The lowest BCUT2D eigenvalue weighted by molar-refractivity contribution is -0.126. The van der Waals surface area contributed by atoms with Gasteiger partial charge >= 0.3 is 6.03 Å². The monoisotopic (exact) mass is 591 g/mol. The number of benzene rings is 2. The van der Waals surface area contributed by atoms with E-state index >= 15 is 0 Å². The number of hydrogen-bond donors (Lipinski definition) is 2. The van der Waals surface area contributed by atoms with Gasteiger partial charge in [0.15, 0.2) is 0 Å². The molecule has 4 bridgehead atoms. The molecule has 1 unspecified atom stereocenters. The Bertz CT molecular complexity index is 1450. The molecule has 2 amide bonds. The molecule has 3 heterocycles. The molecule has 2 aromatic carbocycles.